The Kier molecular flexibility index (Phi) is 2.96. The minimum Gasteiger partial charge on any atom is -0.479 e. The third-order valence-electron chi connectivity index (χ3n) is 3.09. The Labute approximate surface area is 113 Å². The van der Waals surface area contributed by atoms with Crippen LogP contribution in [0.15, 0.2) is 12.4 Å². The van der Waals surface area contributed by atoms with E-state index in [1.165, 1.54) is 18.2 Å². The largest absolute Gasteiger partial charge is 0.479 e. The van der Waals surface area contributed by atoms with Gasteiger partial charge in [0.1, 0.15) is 11.4 Å². The predicted octanol–water partition coefficient (Wildman–Crippen LogP) is 1.12. The zero-order valence-corrected chi connectivity index (χ0v) is 10.7. The van der Waals surface area contributed by atoms with Crippen LogP contribution in [0.25, 0.3) is 11.5 Å². The number of nitrogens with zero attached hydrogens (tertiary/aromatic N) is 5. The lowest BCUT2D eigenvalue weighted by atomic mass is 10.3. The molecule has 0 saturated carbocycles. The molecule has 0 aliphatic carbocycles. The second kappa shape index (κ2) is 4.66. The van der Waals surface area contributed by atoms with Gasteiger partial charge in [0.15, 0.2) is 5.82 Å². The van der Waals surface area contributed by atoms with Crippen LogP contribution in [0, 0.1) is 0 Å². The number of aromatic nitrogens is 5. The molecule has 0 aromatic carbocycles. The quantitative estimate of drug-likeness (QED) is 0.908. The lowest BCUT2D eigenvalue weighted by Crippen LogP contribution is -2.25. The number of halogens is 2. The predicted molar refractivity (Wildman–Crippen MR) is 65.7 cm³/mol. The van der Waals surface area contributed by atoms with Gasteiger partial charge in [0.05, 0.1) is 26.0 Å². The molecule has 2 aromatic rings. The van der Waals surface area contributed by atoms with Gasteiger partial charge < -0.3 is 9.64 Å². The SMILES string of the molecule is COc1nc(-c2c[nH]nn2)ncc1N1CCC(F)(F)C1. The fraction of sp³-hybridized carbons (Fsp3) is 0.455. The fourth-order valence-corrected chi connectivity index (χ4v) is 2.10. The number of anilines is 1. The maximum atomic E-state index is 13.3. The highest BCUT2D eigenvalue weighted by Gasteiger charge is 2.39. The average molecular weight is 282 g/mol. The van der Waals surface area contributed by atoms with E-state index in [1.54, 1.807) is 6.20 Å². The molecule has 0 radical (unpaired) electrons. The van der Waals surface area contributed by atoms with Gasteiger partial charge in [-0.2, -0.15) is 4.98 Å². The average Bonchev–Trinajstić information content (AvgIpc) is 3.07. The maximum absolute atomic E-state index is 13.3. The van der Waals surface area contributed by atoms with Crippen molar-refractivity contribution in [3.8, 4) is 17.4 Å². The molecule has 0 bridgehead atoms. The fourth-order valence-electron chi connectivity index (χ4n) is 2.10. The first kappa shape index (κ1) is 12.7. The number of rotatable bonds is 3. The van der Waals surface area contributed by atoms with Crippen molar-refractivity contribution < 1.29 is 13.5 Å². The van der Waals surface area contributed by atoms with Crippen LogP contribution in [0.2, 0.25) is 0 Å². The Morgan fingerprint density at radius 1 is 1.45 bits per heavy atom. The number of nitrogens with one attached hydrogen (secondary N) is 1. The highest BCUT2D eigenvalue weighted by molar-refractivity contribution is 5.59. The van der Waals surface area contributed by atoms with Crippen molar-refractivity contribution in [2.24, 2.45) is 0 Å². The zero-order chi connectivity index (χ0) is 14.2. The number of hydrogen-bond acceptors (Lipinski definition) is 6. The summed E-state index contributed by atoms with van der Waals surface area (Å²) in [6, 6.07) is 0. The summed E-state index contributed by atoms with van der Waals surface area (Å²) < 4.78 is 31.7. The minimum atomic E-state index is -2.68. The first-order chi connectivity index (χ1) is 9.59. The molecular weight excluding hydrogens is 270 g/mol. The van der Waals surface area contributed by atoms with Crippen LogP contribution >= 0.6 is 0 Å². The summed E-state index contributed by atoms with van der Waals surface area (Å²) >= 11 is 0. The van der Waals surface area contributed by atoms with Crippen molar-refractivity contribution in [3.05, 3.63) is 12.4 Å². The van der Waals surface area contributed by atoms with Gasteiger partial charge in [0, 0.05) is 13.0 Å². The van der Waals surface area contributed by atoms with E-state index in [0.29, 0.717) is 17.2 Å². The van der Waals surface area contributed by atoms with Crippen molar-refractivity contribution in [1.29, 1.82) is 0 Å². The Bertz CT molecular complexity index is 603. The molecule has 3 rings (SSSR count). The molecule has 0 unspecified atom stereocenters. The summed E-state index contributed by atoms with van der Waals surface area (Å²) in [5.41, 5.74) is 0.915. The Morgan fingerprint density at radius 2 is 2.30 bits per heavy atom. The molecule has 0 amide bonds. The molecule has 1 N–H and O–H groups in total. The second-order valence-electron chi connectivity index (χ2n) is 4.47. The summed E-state index contributed by atoms with van der Waals surface area (Å²) in [6.45, 7) is -0.105. The van der Waals surface area contributed by atoms with Gasteiger partial charge in [-0.3, -0.25) is 5.10 Å². The third-order valence-corrected chi connectivity index (χ3v) is 3.09. The molecule has 1 aliphatic heterocycles. The summed E-state index contributed by atoms with van der Waals surface area (Å²) in [5, 5.41) is 9.91. The Balaban J connectivity index is 1.93. The van der Waals surface area contributed by atoms with Crippen LogP contribution in [0.5, 0.6) is 5.88 Å². The summed E-state index contributed by atoms with van der Waals surface area (Å²) in [4.78, 5) is 9.82. The summed E-state index contributed by atoms with van der Waals surface area (Å²) in [5.74, 6) is -2.11. The molecule has 0 atom stereocenters. The molecule has 20 heavy (non-hydrogen) atoms. The molecule has 1 fully saturated rings. The normalized spacial score (nSPS) is 17.4. The molecular formula is C11H12F2N6O. The van der Waals surface area contributed by atoms with E-state index in [9.17, 15) is 8.78 Å². The van der Waals surface area contributed by atoms with Gasteiger partial charge in [0.25, 0.3) is 5.92 Å². The molecule has 9 heteroatoms. The summed E-state index contributed by atoms with van der Waals surface area (Å²) in [7, 11) is 1.44. The minimum absolute atomic E-state index is 0.179. The molecule has 1 aliphatic rings. The second-order valence-corrected chi connectivity index (χ2v) is 4.47. The number of alkyl halides is 2. The van der Waals surface area contributed by atoms with Gasteiger partial charge in [-0.05, 0) is 0 Å². The number of ether oxygens (including phenoxy) is 1. The highest BCUT2D eigenvalue weighted by atomic mass is 19.3. The van der Waals surface area contributed by atoms with Crippen LogP contribution in [-0.2, 0) is 0 Å². The lowest BCUT2D eigenvalue weighted by molar-refractivity contribution is 0.0257. The molecule has 106 valence electrons. The zero-order valence-electron chi connectivity index (χ0n) is 10.7. The van der Waals surface area contributed by atoms with Crippen molar-refractivity contribution in [1.82, 2.24) is 25.4 Å². The van der Waals surface area contributed by atoms with Crippen molar-refractivity contribution in [2.75, 3.05) is 25.1 Å². The highest BCUT2D eigenvalue weighted by Crippen LogP contribution is 2.35. The van der Waals surface area contributed by atoms with E-state index in [2.05, 4.69) is 25.4 Å². The molecule has 2 aromatic heterocycles. The molecule has 7 nitrogen and oxygen atoms in total. The van der Waals surface area contributed by atoms with E-state index in [1.807, 2.05) is 0 Å². The maximum Gasteiger partial charge on any atom is 0.266 e. The standard InChI is InChI=1S/C11H12F2N6O/c1-20-10-8(19-3-2-11(12,13)6-19)5-14-9(16-10)7-4-15-18-17-7/h4-5H,2-3,6H2,1H3,(H,15,17,18). The van der Waals surface area contributed by atoms with Gasteiger partial charge >= 0.3 is 0 Å². The van der Waals surface area contributed by atoms with Crippen LogP contribution in [0.4, 0.5) is 14.5 Å². The van der Waals surface area contributed by atoms with E-state index in [-0.39, 0.29) is 25.4 Å². The topological polar surface area (TPSA) is 79.8 Å². The number of aromatic amines is 1. The van der Waals surface area contributed by atoms with Crippen molar-refractivity contribution in [3.63, 3.8) is 0 Å². The van der Waals surface area contributed by atoms with Crippen LogP contribution < -0.4 is 9.64 Å². The molecule has 0 spiro atoms. The summed E-state index contributed by atoms with van der Waals surface area (Å²) in [6.07, 6.45) is 2.83. The van der Waals surface area contributed by atoms with Crippen molar-refractivity contribution in [2.45, 2.75) is 12.3 Å². The first-order valence-electron chi connectivity index (χ1n) is 6.00. The number of hydrogen-bond donors (Lipinski definition) is 1. The number of methoxy groups -OCH3 is 1. The Hall–Kier alpha value is -2.32. The van der Waals surface area contributed by atoms with Crippen LogP contribution in [0.1, 0.15) is 6.42 Å². The van der Waals surface area contributed by atoms with Crippen molar-refractivity contribution >= 4 is 5.69 Å². The van der Waals surface area contributed by atoms with Gasteiger partial charge in [0.2, 0.25) is 5.88 Å². The molecule has 1 saturated heterocycles. The third kappa shape index (κ3) is 2.26. The number of H-pyrrole nitrogens is 1. The Morgan fingerprint density at radius 3 is 2.90 bits per heavy atom. The lowest BCUT2D eigenvalue weighted by Gasteiger charge is -2.19. The van der Waals surface area contributed by atoms with Crippen LogP contribution in [0.3, 0.4) is 0 Å². The first-order valence-corrected chi connectivity index (χ1v) is 6.00. The van der Waals surface area contributed by atoms with Crippen LogP contribution in [-0.4, -0.2) is 51.5 Å². The van der Waals surface area contributed by atoms with Gasteiger partial charge in [-0.25, -0.2) is 13.8 Å². The van der Waals surface area contributed by atoms with Gasteiger partial charge in [-0.1, -0.05) is 5.21 Å². The molecule has 3 heterocycles. The van der Waals surface area contributed by atoms with Gasteiger partial charge in [-0.15, -0.1) is 5.10 Å². The van der Waals surface area contributed by atoms with E-state index < -0.39 is 5.92 Å². The van der Waals surface area contributed by atoms with E-state index >= 15 is 0 Å². The smallest absolute Gasteiger partial charge is 0.266 e. The van der Waals surface area contributed by atoms with E-state index in [0.717, 1.165) is 0 Å². The van der Waals surface area contributed by atoms with E-state index in [4.69, 9.17) is 4.74 Å². The monoisotopic (exact) mass is 282 g/mol.